The van der Waals surface area contributed by atoms with Crippen LogP contribution in [0.3, 0.4) is 0 Å². The van der Waals surface area contributed by atoms with Crippen molar-refractivity contribution in [1.29, 1.82) is 0 Å². The van der Waals surface area contributed by atoms with E-state index in [0.717, 1.165) is 46.7 Å². The van der Waals surface area contributed by atoms with Crippen LogP contribution in [0.5, 0.6) is 0 Å². The smallest absolute Gasteiger partial charge is 0.165 e. The van der Waals surface area contributed by atoms with Gasteiger partial charge in [-0.05, 0) is 43.9 Å². The molecule has 0 spiro atoms. The van der Waals surface area contributed by atoms with Crippen LogP contribution in [0.2, 0.25) is 0 Å². The number of hydrogen-bond acceptors (Lipinski definition) is 5. The fraction of sp³-hybridized carbons (Fsp3) is 0.417. The van der Waals surface area contributed by atoms with Crippen LogP contribution in [-0.2, 0) is 6.42 Å². The number of aromatic nitrogens is 3. The molecule has 0 atom stereocenters. The zero-order valence-corrected chi connectivity index (χ0v) is 11.1. The molecule has 0 aromatic carbocycles. The van der Waals surface area contributed by atoms with Gasteiger partial charge in [0.2, 0.25) is 0 Å². The topological polar surface area (TPSA) is 84.7 Å². The second kappa shape index (κ2) is 5.88. The Bertz CT molecular complexity index is 518. The number of nitrogens with one attached hydrogen (secondary N) is 1. The molecule has 6 heteroatoms. The van der Waals surface area contributed by atoms with Crippen molar-refractivity contribution in [3.63, 3.8) is 0 Å². The summed E-state index contributed by atoms with van der Waals surface area (Å²) in [5.41, 5.74) is 7.75. The zero-order chi connectivity index (χ0) is 13.0. The van der Waals surface area contributed by atoms with E-state index in [0.29, 0.717) is 6.54 Å². The highest BCUT2D eigenvalue weighted by atomic mass is 32.1. The van der Waals surface area contributed by atoms with Gasteiger partial charge in [0, 0.05) is 0 Å². The third kappa shape index (κ3) is 2.49. The summed E-state index contributed by atoms with van der Waals surface area (Å²) in [6, 6.07) is 0. The Morgan fingerprint density at radius 1 is 1.50 bits per heavy atom. The summed E-state index contributed by atoms with van der Waals surface area (Å²) in [6.45, 7) is 2.68. The molecular formula is C12H16N4OS. The van der Waals surface area contributed by atoms with Crippen LogP contribution in [0.15, 0.2) is 6.33 Å². The number of rotatable bonds is 6. The maximum absolute atomic E-state index is 11.0. The van der Waals surface area contributed by atoms with E-state index in [9.17, 15) is 4.79 Å². The van der Waals surface area contributed by atoms with Crippen molar-refractivity contribution in [2.75, 3.05) is 6.54 Å². The van der Waals surface area contributed by atoms with Gasteiger partial charge in [-0.2, -0.15) is 5.10 Å². The summed E-state index contributed by atoms with van der Waals surface area (Å²) in [5, 5.41) is 6.72. The lowest BCUT2D eigenvalue weighted by Crippen LogP contribution is -2.00. The normalized spacial score (nSPS) is 10.8. The molecular weight excluding hydrogens is 248 g/mol. The molecule has 0 saturated carbocycles. The minimum absolute atomic E-state index is 0.696. The van der Waals surface area contributed by atoms with Crippen molar-refractivity contribution in [3.05, 3.63) is 22.3 Å². The van der Waals surface area contributed by atoms with Gasteiger partial charge in [-0.3, -0.25) is 9.89 Å². The first-order valence-corrected chi connectivity index (χ1v) is 6.72. The van der Waals surface area contributed by atoms with E-state index in [4.69, 9.17) is 5.73 Å². The Morgan fingerprint density at radius 3 is 2.94 bits per heavy atom. The van der Waals surface area contributed by atoms with Gasteiger partial charge < -0.3 is 5.73 Å². The molecule has 2 rings (SSSR count). The minimum Gasteiger partial charge on any atom is -0.330 e. The van der Waals surface area contributed by atoms with Gasteiger partial charge in [0.05, 0.1) is 9.75 Å². The first-order chi connectivity index (χ1) is 8.77. The number of aromatic amines is 1. The van der Waals surface area contributed by atoms with Crippen LogP contribution in [0.4, 0.5) is 0 Å². The van der Waals surface area contributed by atoms with E-state index in [1.54, 1.807) is 0 Å². The molecule has 0 saturated heterocycles. The molecule has 5 nitrogen and oxygen atoms in total. The van der Waals surface area contributed by atoms with Crippen molar-refractivity contribution < 1.29 is 4.79 Å². The molecule has 3 N–H and O–H groups in total. The highest BCUT2D eigenvalue weighted by Gasteiger charge is 2.17. The molecule has 0 aliphatic rings. The maximum Gasteiger partial charge on any atom is 0.165 e. The van der Waals surface area contributed by atoms with Crippen molar-refractivity contribution in [1.82, 2.24) is 15.2 Å². The monoisotopic (exact) mass is 264 g/mol. The van der Waals surface area contributed by atoms with Gasteiger partial charge >= 0.3 is 0 Å². The van der Waals surface area contributed by atoms with Gasteiger partial charge in [-0.25, -0.2) is 4.98 Å². The summed E-state index contributed by atoms with van der Waals surface area (Å²) < 4.78 is 0. The van der Waals surface area contributed by atoms with Crippen molar-refractivity contribution >= 4 is 17.6 Å². The maximum atomic E-state index is 11.0. The number of nitrogens with two attached hydrogens (primary N) is 1. The Kier molecular flexibility index (Phi) is 4.22. The predicted octanol–water partition coefficient (Wildman–Crippen LogP) is 1.94. The number of hydrogen-bond donors (Lipinski definition) is 2. The quantitative estimate of drug-likeness (QED) is 0.616. The molecule has 0 unspecified atom stereocenters. The Hall–Kier alpha value is -1.53. The molecule has 0 aliphatic heterocycles. The van der Waals surface area contributed by atoms with Crippen LogP contribution >= 0.6 is 11.3 Å². The summed E-state index contributed by atoms with van der Waals surface area (Å²) >= 11 is 1.47. The molecule has 0 amide bonds. The van der Waals surface area contributed by atoms with Crippen molar-refractivity contribution in [2.24, 2.45) is 5.73 Å². The molecule has 0 bridgehead atoms. The number of carbonyl (C=O) groups is 1. The molecule has 0 fully saturated rings. The average molecular weight is 264 g/mol. The van der Waals surface area contributed by atoms with E-state index in [1.165, 1.54) is 23.2 Å². The van der Waals surface area contributed by atoms with Crippen LogP contribution in [0.25, 0.3) is 10.7 Å². The van der Waals surface area contributed by atoms with Crippen LogP contribution in [-0.4, -0.2) is 28.0 Å². The van der Waals surface area contributed by atoms with E-state index in [2.05, 4.69) is 15.2 Å². The third-order valence-electron chi connectivity index (χ3n) is 2.93. The number of H-pyrrole nitrogens is 1. The standard InChI is InChI=1S/C12H16N4OS/c1-8-9(4-2-3-5-13)11(18-10(8)6-17)12-14-7-15-16-12/h6-7H,2-5,13H2,1H3,(H,14,15,16). The summed E-state index contributed by atoms with van der Waals surface area (Å²) in [6.07, 6.45) is 5.32. The fourth-order valence-corrected chi connectivity index (χ4v) is 3.05. The molecule has 96 valence electrons. The predicted molar refractivity (Wildman–Crippen MR) is 71.8 cm³/mol. The second-order valence-electron chi connectivity index (χ2n) is 4.10. The Labute approximate surface area is 109 Å². The van der Waals surface area contributed by atoms with Gasteiger partial charge in [-0.1, -0.05) is 0 Å². The van der Waals surface area contributed by atoms with Crippen molar-refractivity contribution in [2.45, 2.75) is 26.2 Å². The SMILES string of the molecule is Cc1c(C=O)sc(-c2ncn[nH]2)c1CCCCN. The zero-order valence-electron chi connectivity index (χ0n) is 10.3. The summed E-state index contributed by atoms with van der Waals surface area (Å²) in [7, 11) is 0. The Morgan fingerprint density at radius 2 is 2.33 bits per heavy atom. The first-order valence-electron chi connectivity index (χ1n) is 5.91. The minimum atomic E-state index is 0.696. The fourth-order valence-electron chi connectivity index (χ4n) is 1.93. The van der Waals surface area contributed by atoms with Gasteiger partial charge in [0.25, 0.3) is 0 Å². The lowest BCUT2D eigenvalue weighted by molar-refractivity contribution is 0.112. The summed E-state index contributed by atoms with van der Waals surface area (Å²) in [4.78, 5) is 17.0. The lowest BCUT2D eigenvalue weighted by atomic mass is 10.0. The molecule has 2 aromatic heterocycles. The molecule has 2 aromatic rings. The van der Waals surface area contributed by atoms with Crippen LogP contribution in [0.1, 0.15) is 33.6 Å². The summed E-state index contributed by atoms with van der Waals surface area (Å²) in [5.74, 6) is 0.735. The molecule has 18 heavy (non-hydrogen) atoms. The average Bonchev–Trinajstić information content (AvgIpc) is 2.99. The number of unbranched alkanes of at least 4 members (excludes halogenated alkanes) is 1. The highest BCUT2D eigenvalue weighted by Crippen LogP contribution is 2.34. The van der Waals surface area contributed by atoms with Gasteiger partial charge in [-0.15, -0.1) is 11.3 Å². The Balaban J connectivity index is 2.35. The number of nitrogens with zero attached hydrogens (tertiary/aromatic N) is 2. The molecule has 0 radical (unpaired) electrons. The third-order valence-corrected chi connectivity index (χ3v) is 4.19. The van der Waals surface area contributed by atoms with E-state index in [-0.39, 0.29) is 0 Å². The van der Waals surface area contributed by atoms with Gasteiger partial charge in [0.15, 0.2) is 12.1 Å². The highest BCUT2D eigenvalue weighted by molar-refractivity contribution is 7.17. The number of carbonyl (C=O) groups excluding carboxylic acids is 1. The first kappa shape index (κ1) is 12.9. The van der Waals surface area contributed by atoms with Crippen LogP contribution < -0.4 is 5.73 Å². The molecule has 0 aliphatic carbocycles. The van der Waals surface area contributed by atoms with Crippen molar-refractivity contribution in [3.8, 4) is 10.7 Å². The second-order valence-corrected chi connectivity index (χ2v) is 5.15. The van der Waals surface area contributed by atoms with E-state index in [1.807, 2.05) is 6.92 Å². The molecule has 2 heterocycles. The number of aldehydes is 1. The largest absolute Gasteiger partial charge is 0.330 e. The number of thiophene rings is 1. The van der Waals surface area contributed by atoms with Gasteiger partial charge in [0.1, 0.15) is 6.33 Å². The van der Waals surface area contributed by atoms with Crippen LogP contribution in [0, 0.1) is 6.92 Å². The van der Waals surface area contributed by atoms with E-state index >= 15 is 0 Å². The lowest BCUT2D eigenvalue weighted by Gasteiger charge is -2.03. The van der Waals surface area contributed by atoms with E-state index < -0.39 is 0 Å².